The van der Waals surface area contributed by atoms with Crippen LogP contribution in [0.25, 0.3) is 0 Å². The Labute approximate surface area is 147 Å². The van der Waals surface area contributed by atoms with E-state index >= 15 is 0 Å². The molecule has 2 aromatic rings. The average Bonchev–Trinajstić information content (AvgIpc) is 2.54. The van der Waals surface area contributed by atoms with E-state index in [2.05, 4.69) is 5.32 Å². The maximum Gasteiger partial charge on any atom is 0.245 e. The summed E-state index contributed by atoms with van der Waals surface area (Å²) in [7, 11) is -3.66. The molecular formula is C18H20N2O4S. The van der Waals surface area contributed by atoms with E-state index in [1.165, 1.54) is 31.2 Å². The number of hydrogen-bond donors (Lipinski definition) is 1. The average molecular weight is 360 g/mol. The molecule has 0 atom stereocenters. The molecule has 0 aliphatic heterocycles. The van der Waals surface area contributed by atoms with Crippen LogP contribution in [0.5, 0.6) is 0 Å². The first kappa shape index (κ1) is 18.7. The van der Waals surface area contributed by atoms with Gasteiger partial charge in [-0.1, -0.05) is 18.2 Å². The molecular weight excluding hydrogens is 340 g/mol. The molecule has 6 nitrogen and oxygen atoms in total. The van der Waals surface area contributed by atoms with Crippen molar-refractivity contribution < 1.29 is 18.0 Å². The maximum atomic E-state index is 12.3. The summed E-state index contributed by atoms with van der Waals surface area (Å²) in [4.78, 5) is 23.6. The molecule has 0 saturated carbocycles. The molecule has 0 saturated heterocycles. The molecule has 1 N–H and O–H groups in total. The van der Waals surface area contributed by atoms with E-state index in [1.807, 2.05) is 19.1 Å². The Bertz CT molecular complexity index is 890. The number of sulfonamides is 1. The smallest absolute Gasteiger partial charge is 0.245 e. The molecule has 0 aromatic heterocycles. The van der Waals surface area contributed by atoms with Crippen molar-refractivity contribution in [3.8, 4) is 0 Å². The molecule has 2 aromatic carbocycles. The third kappa shape index (κ3) is 4.90. The predicted octanol–water partition coefficient (Wildman–Crippen LogP) is 2.60. The number of benzene rings is 2. The van der Waals surface area contributed by atoms with E-state index in [0.717, 1.165) is 16.1 Å². The van der Waals surface area contributed by atoms with Crippen LogP contribution < -0.4 is 9.62 Å². The molecule has 0 spiro atoms. The summed E-state index contributed by atoms with van der Waals surface area (Å²) in [6.07, 6.45) is 1.03. The second kappa shape index (κ2) is 7.48. The minimum atomic E-state index is -3.66. The quantitative estimate of drug-likeness (QED) is 0.803. The number of rotatable bonds is 6. The van der Waals surface area contributed by atoms with Crippen LogP contribution in [0.4, 0.5) is 11.4 Å². The zero-order valence-corrected chi connectivity index (χ0v) is 15.1. The van der Waals surface area contributed by atoms with Gasteiger partial charge in [-0.05, 0) is 49.7 Å². The van der Waals surface area contributed by atoms with Crippen LogP contribution >= 0.6 is 0 Å². The summed E-state index contributed by atoms with van der Waals surface area (Å²) in [5.74, 6) is -0.565. The molecule has 0 fully saturated rings. The number of nitrogens with one attached hydrogen (secondary N) is 1. The van der Waals surface area contributed by atoms with E-state index in [1.54, 1.807) is 12.1 Å². The molecule has 0 unspecified atom stereocenters. The molecule has 0 bridgehead atoms. The SMILES string of the molecule is CC(=O)c1ccc(N(CC(=O)Nc2ccccc2C)S(C)(=O)=O)cc1. The van der Waals surface area contributed by atoms with Gasteiger partial charge in [0.05, 0.1) is 11.9 Å². The van der Waals surface area contributed by atoms with Gasteiger partial charge in [0, 0.05) is 11.3 Å². The van der Waals surface area contributed by atoms with Gasteiger partial charge in [0.1, 0.15) is 6.54 Å². The number of ketones is 1. The minimum absolute atomic E-state index is 0.116. The Kier molecular flexibility index (Phi) is 5.58. The van der Waals surface area contributed by atoms with E-state index < -0.39 is 15.9 Å². The van der Waals surface area contributed by atoms with Crippen LogP contribution in [0, 0.1) is 6.92 Å². The third-order valence-corrected chi connectivity index (χ3v) is 4.81. The Morgan fingerprint density at radius 3 is 2.16 bits per heavy atom. The molecule has 0 heterocycles. The fourth-order valence-electron chi connectivity index (χ4n) is 2.30. The number of Topliss-reactive ketones (excluding diaryl/α,β-unsaturated/α-hetero) is 1. The highest BCUT2D eigenvalue weighted by atomic mass is 32.2. The fraction of sp³-hybridized carbons (Fsp3) is 0.222. The van der Waals surface area contributed by atoms with E-state index in [0.29, 0.717) is 16.9 Å². The number of carbonyl (C=O) groups excluding carboxylic acids is 2. The Balaban J connectivity index is 2.22. The Hall–Kier alpha value is -2.67. The minimum Gasteiger partial charge on any atom is -0.324 e. The number of anilines is 2. The van der Waals surface area contributed by atoms with E-state index in [9.17, 15) is 18.0 Å². The first-order valence-corrected chi connectivity index (χ1v) is 9.47. The van der Waals surface area contributed by atoms with Gasteiger partial charge in [0.2, 0.25) is 15.9 Å². The fourth-order valence-corrected chi connectivity index (χ4v) is 3.15. The number of hydrogen-bond acceptors (Lipinski definition) is 4. The van der Waals surface area contributed by atoms with Gasteiger partial charge in [-0.2, -0.15) is 0 Å². The van der Waals surface area contributed by atoms with Crippen molar-refractivity contribution in [3.63, 3.8) is 0 Å². The molecule has 2 rings (SSSR count). The van der Waals surface area contributed by atoms with Crippen LogP contribution in [0.1, 0.15) is 22.8 Å². The van der Waals surface area contributed by atoms with Crippen LogP contribution in [-0.2, 0) is 14.8 Å². The molecule has 1 amide bonds. The third-order valence-electron chi connectivity index (χ3n) is 3.67. The van der Waals surface area contributed by atoms with Crippen molar-refractivity contribution in [1.29, 1.82) is 0 Å². The summed E-state index contributed by atoms with van der Waals surface area (Å²) < 4.78 is 25.2. The molecule has 0 aliphatic carbocycles. The van der Waals surface area contributed by atoms with Crippen molar-refractivity contribution in [2.45, 2.75) is 13.8 Å². The van der Waals surface area contributed by atoms with Gasteiger partial charge in [-0.3, -0.25) is 13.9 Å². The first-order valence-electron chi connectivity index (χ1n) is 7.62. The highest BCUT2D eigenvalue weighted by Gasteiger charge is 2.21. The number of para-hydroxylation sites is 1. The number of carbonyl (C=O) groups is 2. The standard InChI is InChI=1S/C18H20N2O4S/c1-13-6-4-5-7-17(13)19-18(22)12-20(25(3,23)24)16-10-8-15(9-11-16)14(2)21/h4-11H,12H2,1-3H3,(H,19,22). The van der Waals surface area contributed by atoms with Crippen molar-refractivity contribution >= 4 is 33.1 Å². The van der Waals surface area contributed by atoms with Crippen LogP contribution in [0.2, 0.25) is 0 Å². The van der Waals surface area contributed by atoms with Gasteiger partial charge in [0.15, 0.2) is 5.78 Å². The van der Waals surface area contributed by atoms with Gasteiger partial charge in [-0.25, -0.2) is 8.42 Å². The van der Waals surface area contributed by atoms with Crippen LogP contribution in [-0.4, -0.2) is 32.9 Å². The van der Waals surface area contributed by atoms with Crippen molar-refractivity contribution in [1.82, 2.24) is 0 Å². The molecule has 7 heteroatoms. The van der Waals surface area contributed by atoms with E-state index in [-0.39, 0.29) is 12.3 Å². The normalized spacial score (nSPS) is 11.0. The lowest BCUT2D eigenvalue weighted by atomic mass is 10.1. The molecule has 132 valence electrons. The topological polar surface area (TPSA) is 83.6 Å². The first-order chi connectivity index (χ1) is 11.7. The molecule has 0 radical (unpaired) electrons. The van der Waals surface area contributed by atoms with Gasteiger partial charge >= 0.3 is 0 Å². The molecule has 0 aliphatic rings. The Morgan fingerprint density at radius 1 is 1.04 bits per heavy atom. The summed E-state index contributed by atoms with van der Waals surface area (Å²) in [6.45, 7) is 2.93. The monoisotopic (exact) mass is 360 g/mol. The van der Waals surface area contributed by atoms with Crippen molar-refractivity contribution in [3.05, 3.63) is 59.7 Å². The highest BCUT2D eigenvalue weighted by molar-refractivity contribution is 7.92. The van der Waals surface area contributed by atoms with Crippen LogP contribution in [0.3, 0.4) is 0 Å². The predicted molar refractivity (Wildman–Crippen MR) is 98.4 cm³/mol. The Morgan fingerprint density at radius 2 is 1.64 bits per heavy atom. The van der Waals surface area contributed by atoms with E-state index in [4.69, 9.17) is 0 Å². The van der Waals surface area contributed by atoms with Gasteiger partial charge in [0.25, 0.3) is 0 Å². The number of amides is 1. The lowest BCUT2D eigenvalue weighted by Gasteiger charge is -2.22. The number of nitrogens with zero attached hydrogens (tertiary/aromatic N) is 1. The van der Waals surface area contributed by atoms with Crippen molar-refractivity contribution in [2.24, 2.45) is 0 Å². The lowest BCUT2D eigenvalue weighted by Crippen LogP contribution is -2.37. The van der Waals surface area contributed by atoms with Crippen molar-refractivity contribution in [2.75, 3.05) is 22.4 Å². The van der Waals surface area contributed by atoms with Crippen LogP contribution in [0.15, 0.2) is 48.5 Å². The highest BCUT2D eigenvalue weighted by Crippen LogP contribution is 2.19. The second-order valence-electron chi connectivity index (χ2n) is 5.74. The number of aryl methyl sites for hydroxylation is 1. The lowest BCUT2D eigenvalue weighted by molar-refractivity contribution is -0.114. The van der Waals surface area contributed by atoms with Gasteiger partial charge in [-0.15, -0.1) is 0 Å². The zero-order chi connectivity index (χ0) is 18.6. The summed E-state index contributed by atoms with van der Waals surface area (Å²) in [5, 5.41) is 2.71. The zero-order valence-electron chi connectivity index (χ0n) is 14.3. The largest absolute Gasteiger partial charge is 0.324 e. The second-order valence-corrected chi connectivity index (χ2v) is 7.64. The molecule has 25 heavy (non-hydrogen) atoms. The summed E-state index contributed by atoms with van der Waals surface area (Å²) in [5.41, 5.74) is 2.31. The maximum absolute atomic E-state index is 12.3. The van der Waals surface area contributed by atoms with Gasteiger partial charge < -0.3 is 5.32 Å². The summed E-state index contributed by atoms with van der Waals surface area (Å²) in [6, 6.07) is 13.3. The summed E-state index contributed by atoms with van der Waals surface area (Å²) >= 11 is 0.